The molecule has 1 aromatic heterocycles. The first kappa shape index (κ1) is 17.9. The maximum absolute atomic E-state index is 11.7. The number of carbonyl (C=O) groups is 1. The van der Waals surface area contributed by atoms with E-state index in [4.69, 9.17) is 5.11 Å². The minimum absolute atomic E-state index is 0.0454. The fourth-order valence-electron chi connectivity index (χ4n) is 1.61. The molecule has 2 atom stereocenters. The van der Waals surface area contributed by atoms with Crippen LogP contribution in [-0.4, -0.2) is 35.3 Å². The van der Waals surface area contributed by atoms with Crippen molar-refractivity contribution in [3.05, 3.63) is 16.1 Å². The van der Waals surface area contributed by atoms with Gasteiger partial charge in [0.15, 0.2) is 0 Å². The van der Waals surface area contributed by atoms with Crippen LogP contribution in [0.25, 0.3) is 0 Å². The highest BCUT2D eigenvalue weighted by atomic mass is 32.1. The van der Waals surface area contributed by atoms with Gasteiger partial charge in [-0.05, 0) is 12.8 Å². The van der Waals surface area contributed by atoms with E-state index in [1.807, 2.05) is 13.8 Å². The van der Waals surface area contributed by atoms with Gasteiger partial charge in [-0.15, -0.1) is 11.3 Å². The Kier molecular flexibility index (Phi) is 6.61. The lowest BCUT2D eigenvalue weighted by Crippen LogP contribution is -2.44. The van der Waals surface area contributed by atoms with Crippen LogP contribution in [-0.2, 0) is 11.8 Å². The molecule has 0 radical (unpaired) electrons. The molecule has 21 heavy (non-hydrogen) atoms. The molecule has 0 aliphatic carbocycles. The lowest BCUT2D eigenvalue weighted by atomic mass is 9.93. The minimum atomic E-state index is -0.199. The van der Waals surface area contributed by atoms with Crippen LogP contribution in [0, 0.1) is 5.92 Å². The van der Waals surface area contributed by atoms with Crippen molar-refractivity contribution in [3.8, 4) is 0 Å². The average molecular weight is 313 g/mol. The number of rotatable bonds is 6. The molecule has 6 heteroatoms. The predicted molar refractivity (Wildman–Crippen MR) is 86.8 cm³/mol. The molecule has 0 bridgehead atoms. The Bertz CT molecular complexity index is 454. The molecule has 0 aliphatic rings. The van der Waals surface area contributed by atoms with Crippen molar-refractivity contribution in [2.75, 3.05) is 13.2 Å². The molecule has 0 fully saturated rings. The number of amides is 2. The Labute approximate surface area is 131 Å². The zero-order chi connectivity index (χ0) is 16.0. The number of hydrogen-bond acceptors (Lipinski definition) is 4. The van der Waals surface area contributed by atoms with Gasteiger partial charge < -0.3 is 15.7 Å². The Morgan fingerprint density at radius 2 is 2.10 bits per heavy atom. The number of aliphatic hydroxyl groups is 1. The van der Waals surface area contributed by atoms with Gasteiger partial charge in [-0.25, -0.2) is 9.78 Å². The van der Waals surface area contributed by atoms with Gasteiger partial charge in [-0.3, -0.25) is 0 Å². The Hall–Kier alpha value is -1.14. The molecule has 120 valence electrons. The highest BCUT2D eigenvalue weighted by molar-refractivity contribution is 7.09. The molecule has 0 saturated heterocycles. The minimum Gasteiger partial charge on any atom is -0.396 e. The second kappa shape index (κ2) is 7.75. The molecular formula is C15H27N3O2S. The van der Waals surface area contributed by atoms with E-state index in [9.17, 15) is 4.79 Å². The second-order valence-electron chi connectivity index (χ2n) is 6.48. The topological polar surface area (TPSA) is 74.2 Å². The summed E-state index contributed by atoms with van der Waals surface area (Å²) < 4.78 is 0. The summed E-state index contributed by atoms with van der Waals surface area (Å²) in [4.78, 5) is 16.3. The van der Waals surface area contributed by atoms with Gasteiger partial charge in [0.25, 0.3) is 0 Å². The molecule has 2 unspecified atom stereocenters. The predicted octanol–water partition coefficient (Wildman–Crippen LogP) is 2.30. The Morgan fingerprint density at radius 3 is 2.62 bits per heavy atom. The third kappa shape index (κ3) is 6.01. The van der Waals surface area contributed by atoms with Crippen molar-refractivity contribution in [1.29, 1.82) is 0 Å². The van der Waals surface area contributed by atoms with Crippen LogP contribution in [0.2, 0.25) is 0 Å². The van der Waals surface area contributed by atoms with Crippen LogP contribution in [0.3, 0.4) is 0 Å². The zero-order valence-corrected chi connectivity index (χ0v) is 14.4. The van der Waals surface area contributed by atoms with E-state index >= 15 is 0 Å². The fraction of sp³-hybridized carbons (Fsp3) is 0.733. The maximum Gasteiger partial charge on any atom is 0.315 e. The lowest BCUT2D eigenvalue weighted by Gasteiger charge is -2.19. The second-order valence-corrected chi connectivity index (χ2v) is 7.42. The standard InChI is InChI=1S/C15H27N3O2S/c1-10(8-19)11(2)17-14(20)16-7-6-13-18-12(9-21-13)15(3,4)5/h9-11,19H,6-8H2,1-5H3,(H2,16,17,20). The number of urea groups is 1. The smallest absolute Gasteiger partial charge is 0.315 e. The molecule has 0 aromatic carbocycles. The van der Waals surface area contributed by atoms with E-state index in [0.29, 0.717) is 6.54 Å². The van der Waals surface area contributed by atoms with Gasteiger partial charge in [0.05, 0.1) is 10.7 Å². The van der Waals surface area contributed by atoms with Crippen LogP contribution in [0.4, 0.5) is 4.79 Å². The molecule has 0 aliphatic heterocycles. The Balaban J connectivity index is 2.33. The third-order valence-electron chi connectivity index (χ3n) is 3.44. The monoisotopic (exact) mass is 313 g/mol. The quantitative estimate of drug-likeness (QED) is 0.754. The van der Waals surface area contributed by atoms with Crippen LogP contribution < -0.4 is 10.6 Å². The first-order chi connectivity index (χ1) is 9.74. The summed E-state index contributed by atoms with van der Waals surface area (Å²) in [5.74, 6) is 0.0454. The van der Waals surface area contributed by atoms with Crippen LogP contribution in [0.15, 0.2) is 5.38 Å². The van der Waals surface area contributed by atoms with Gasteiger partial charge in [0.2, 0.25) is 0 Å². The number of nitrogens with one attached hydrogen (secondary N) is 2. The van der Waals surface area contributed by atoms with Gasteiger partial charge >= 0.3 is 6.03 Å². The van der Waals surface area contributed by atoms with Crippen molar-refractivity contribution in [2.45, 2.75) is 52.5 Å². The number of hydrogen-bond donors (Lipinski definition) is 3. The summed E-state index contributed by atoms with van der Waals surface area (Å²) >= 11 is 1.63. The van der Waals surface area contributed by atoms with E-state index in [2.05, 4.69) is 41.8 Å². The van der Waals surface area contributed by atoms with E-state index in [0.717, 1.165) is 17.1 Å². The average Bonchev–Trinajstić information content (AvgIpc) is 2.86. The third-order valence-corrected chi connectivity index (χ3v) is 4.35. The molecule has 0 spiro atoms. The number of carbonyl (C=O) groups excluding carboxylic acids is 1. The summed E-state index contributed by atoms with van der Waals surface area (Å²) in [5.41, 5.74) is 1.16. The van der Waals surface area contributed by atoms with Gasteiger partial charge in [-0.2, -0.15) is 0 Å². The number of aromatic nitrogens is 1. The number of aliphatic hydroxyl groups excluding tert-OH is 1. The Morgan fingerprint density at radius 1 is 1.43 bits per heavy atom. The van der Waals surface area contributed by atoms with Crippen LogP contribution in [0.5, 0.6) is 0 Å². The summed E-state index contributed by atoms with van der Waals surface area (Å²) in [6.45, 7) is 10.8. The van der Waals surface area contributed by atoms with E-state index in [1.54, 1.807) is 11.3 Å². The molecule has 1 aromatic rings. The fourth-order valence-corrected chi connectivity index (χ4v) is 2.64. The molecule has 0 saturated carbocycles. The first-order valence-electron chi connectivity index (χ1n) is 7.34. The summed E-state index contributed by atoms with van der Waals surface area (Å²) in [6, 6.07) is -0.252. The number of thiazole rings is 1. The number of nitrogens with zero attached hydrogens (tertiary/aromatic N) is 1. The normalized spacial score (nSPS) is 14.6. The van der Waals surface area contributed by atoms with Crippen LogP contribution in [0.1, 0.15) is 45.3 Å². The first-order valence-corrected chi connectivity index (χ1v) is 8.22. The summed E-state index contributed by atoms with van der Waals surface area (Å²) in [7, 11) is 0. The van der Waals surface area contributed by atoms with Gasteiger partial charge in [-0.1, -0.05) is 27.7 Å². The lowest BCUT2D eigenvalue weighted by molar-refractivity contribution is 0.200. The molecule has 5 nitrogen and oxygen atoms in total. The summed E-state index contributed by atoms with van der Waals surface area (Å²) in [5, 5.41) is 17.8. The van der Waals surface area contributed by atoms with Crippen molar-refractivity contribution >= 4 is 17.4 Å². The SMILES string of the molecule is CC(CO)C(C)NC(=O)NCCc1nc(C(C)(C)C)cs1. The highest BCUT2D eigenvalue weighted by Crippen LogP contribution is 2.23. The van der Waals surface area contributed by atoms with Gasteiger partial charge in [0.1, 0.15) is 0 Å². The summed E-state index contributed by atoms with van der Waals surface area (Å²) in [6.07, 6.45) is 0.734. The molecule has 1 heterocycles. The zero-order valence-electron chi connectivity index (χ0n) is 13.6. The van der Waals surface area contributed by atoms with Crippen LogP contribution >= 0.6 is 11.3 Å². The van der Waals surface area contributed by atoms with Crippen molar-refractivity contribution < 1.29 is 9.90 Å². The maximum atomic E-state index is 11.7. The van der Waals surface area contributed by atoms with Gasteiger partial charge in [0, 0.05) is 36.4 Å². The molecule has 1 rings (SSSR count). The van der Waals surface area contributed by atoms with E-state index in [-0.39, 0.29) is 30.0 Å². The van der Waals surface area contributed by atoms with Crippen molar-refractivity contribution in [2.24, 2.45) is 5.92 Å². The van der Waals surface area contributed by atoms with E-state index in [1.165, 1.54) is 0 Å². The molecule has 3 N–H and O–H groups in total. The largest absolute Gasteiger partial charge is 0.396 e. The molecular weight excluding hydrogens is 286 g/mol. The highest BCUT2D eigenvalue weighted by Gasteiger charge is 2.17. The van der Waals surface area contributed by atoms with Crippen molar-refractivity contribution in [3.63, 3.8) is 0 Å². The van der Waals surface area contributed by atoms with E-state index < -0.39 is 0 Å². The van der Waals surface area contributed by atoms with Crippen molar-refractivity contribution in [1.82, 2.24) is 15.6 Å². The molecule has 2 amide bonds.